The van der Waals surface area contributed by atoms with Gasteiger partial charge in [0.15, 0.2) is 0 Å². The minimum Gasteiger partial charge on any atom is -0.496 e. The fraction of sp³-hybridized carbons (Fsp3) is 0.286. The summed E-state index contributed by atoms with van der Waals surface area (Å²) in [4.78, 5) is 0. The highest BCUT2D eigenvalue weighted by Crippen LogP contribution is 2.27. The number of halogens is 1. The second-order valence-electron chi connectivity index (χ2n) is 3.87. The van der Waals surface area contributed by atoms with Crippen LogP contribution in [0.4, 0.5) is 0 Å². The minimum absolute atomic E-state index is 0. The lowest BCUT2D eigenvalue weighted by Crippen LogP contribution is -2.18. The van der Waals surface area contributed by atoms with Crippen molar-refractivity contribution in [2.24, 2.45) is 0 Å². The third kappa shape index (κ3) is 3.13. The molecule has 0 aromatic heterocycles. The molecule has 0 aliphatic carbocycles. The van der Waals surface area contributed by atoms with Crippen molar-refractivity contribution in [2.75, 3.05) is 20.3 Å². The second kappa shape index (κ2) is 7.21. The lowest BCUT2D eigenvalue weighted by atomic mass is 10.0. The molecule has 0 bridgehead atoms. The highest BCUT2D eigenvalue weighted by atomic mass is 35.5. The first kappa shape index (κ1) is 14.8. The van der Waals surface area contributed by atoms with E-state index in [4.69, 9.17) is 9.84 Å². The SMILES string of the molecule is COc1ccc2ccccc2c1CNCCO.Cl. The van der Waals surface area contributed by atoms with E-state index in [1.54, 1.807) is 7.11 Å². The monoisotopic (exact) mass is 267 g/mol. The Morgan fingerprint density at radius 1 is 1.17 bits per heavy atom. The van der Waals surface area contributed by atoms with Gasteiger partial charge in [0.05, 0.1) is 13.7 Å². The van der Waals surface area contributed by atoms with E-state index >= 15 is 0 Å². The van der Waals surface area contributed by atoms with Crippen LogP contribution in [-0.4, -0.2) is 25.4 Å². The summed E-state index contributed by atoms with van der Waals surface area (Å²) >= 11 is 0. The van der Waals surface area contributed by atoms with Gasteiger partial charge in [0.1, 0.15) is 5.75 Å². The standard InChI is InChI=1S/C14H17NO2.ClH/c1-17-14-7-6-11-4-2-3-5-12(11)13(14)10-15-8-9-16;/h2-7,15-16H,8-10H2,1H3;1H. The first-order valence-corrected chi connectivity index (χ1v) is 5.73. The molecule has 0 saturated carbocycles. The molecule has 0 radical (unpaired) electrons. The molecule has 0 fully saturated rings. The minimum atomic E-state index is 0. The van der Waals surface area contributed by atoms with E-state index in [2.05, 4.69) is 23.5 Å². The molecule has 18 heavy (non-hydrogen) atoms. The topological polar surface area (TPSA) is 41.5 Å². The van der Waals surface area contributed by atoms with Gasteiger partial charge in [0, 0.05) is 18.7 Å². The van der Waals surface area contributed by atoms with Crippen molar-refractivity contribution in [3.63, 3.8) is 0 Å². The second-order valence-corrected chi connectivity index (χ2v) is 3.87. The van der Waals surface area contributed by atoms with E-state index in [-0.39, 0.29) is 19.0 Å². The third-order valence-corrected chi connectivity index (χ3v) is 2.81. The summed E-state index contributed by atoms with van der Waals surface area (Å²) in [6.07, 6.45) is 0. The Labute approximate surface area is 113 Å². The van der Waals surface area contributed by atoms with E-state index in [1.165, 1.54) is 10.8 Å². The first-order chi connectivity index (χ1) is 8.36. The van der Waals surface area contributed by atoms with E-state index in [1.807, 2.05) is 18.2 Å². The van der Waals surface area contributed by atoms with Crippen molar-refractivity contribution >= 4 is 23.2 Å². The van der Waals surface area contributed by atoms with Gasteiger partial charge in [-0.25, -0.2) is 0 Å². The van der Waals surface area contributed by atoms with Crippen LogP contribution < -0.4 is 10.1 Å². The number of hydrogen-bond donors (Lipinski definition) is 2. The van der Waals surface area contributed by atoms with Gasteiger partial charge < -0.3 is 15.2 Å². The highest BCUT2D eigenvalue weighted by molar-refractivity contribution is 5.87. The molecule has 0 saturated heterocycles. The summed E-state index contributed by atoms with van der Waals surface area (Å²) < 4.78 is 5.38. The largest absolute Gasteiger partial charge is 0.496 e. The Morgan fingerprint density at radius 2 is 1.94 bits per heavy atom. The molecule has 0 aliphatic rings. The van der Waals surface area contributed by atoms with Gasteiger partial charge >= 0.3 is 0 Å². The summed E-state index contributed by atoms with van der Waals surface area (Å²) in [6.45, 7) is 1.44. The van der Waals surface area contributed by atoms with Gasteiger partial charge in [-0.2, -0.15) is 0 Å². The predicted octanol–water partition coefficient (Wildman–Crippen LogP) is 2.35. The number of aliphatic hydroxyl groups excluding tert-OH is 1. The van der Waals surface area contributed by atoms with Crippen LogP contribution in [0.2, 0.25) is 0 Å². The van der Waals surface area contributed by atoms with Gasteiger partial charge in [-0.3, -0.25) is 0 Å². The molecular weight excluding hydrogens is 250 g/mol. The molecule has 0 unspecified atom stereocenters. The van der Waals surface area contributed by atoms with Gasteiger partial charge in [-0.15, -0.1) is 12.4 Å². The number of aliphatic hydroxyl groups is 1. The molecule has 0 heterocycles. The maximum absolute atomic E-state index is 8.79. The third-order valence-electron chi connectivity index (χ3n) is 2.81. The average Bonchev–Trinajstić information content (AvgIpc) is 2.39. The van der Waals surface area contributed by atoms with Crippen LogP contribution in [-0.2, 0) is 6.54 Å². The van der Waals surface area contributed by atoms with Gasteiger partial charge in [-0.05, 0) is 16.8 Å². The normalized spacial score (nSPS) is 10.1. The fourth-order valence-electron chi connectivity index (χ4n) is 1.98. The molecule has 4 heteroatoms. The van der Waals surface area contributed by atoms with E-state index in [0.717, 1.165) is 11.3 Å². The van der Waals surface area contributed by atoms with Crippen LogP contribution in [0.3, 0.4) is 0 Å². The van der Waals surface area contributed by atoms with Crippen molar-refractivity contribution in [3.8, 4) is 5.75 Å². The summed E-state index contributed by atoms with van der Waals surface area (Å²) in [5, 5.41) is 14.4. The molecule has 2 rings (SSSR count). The molecule has 0 aliphatic heterocycles. The van der Waals surface area contributed by atoms with Crippen LogP contribution in [0, 0.1) is 0 Å². The number of benzene rings is 2. The van der Waals surface area contributed by atoms with Crippen molar-refractivity contribution in [2.45, 2.75) is 6.54 Å². The molecule has 2 aromatic rings. The Morgan fingerprint density at radius 3 is 2.67 bits per heavy atom. The zero-order valence-corrected chi connectivity index (χ0v) is 11.2. The summed E-state index contributed by atoms with van der Waals surface area (Å²) in [5.41, 5.74) is 1.14. The van der Waals surface area contributed by atoms with E-state index in [9.17, 15) is 0 Å². The van der Waals surface area contributed by atoms with Crippen molar-refractivity contribution in [1.29, 1.82) is 0 Å². The molecule has 0 atom stereocenters. The van der Waals surface area contributed by atoms with Crippen LogP contribution >= 0.6 is 12.4 Å². The van der Waals surface area contributed by atoms with Gasteiger partial charge in [0.2, 0.25) is 0 Å². The Bertz CT molecular complexity index is 502. The quantitative estimate of drug-likeness (QED) is 0.817. The van der Waals surface area contributed by atoms with Crippen LogP contribution in [0.5, 0.6) is 5.75 Å². The maximum Gasteiger partial charge on any atom is 0.123 e. The Kier molecular flexibility index (Phi) is 5.92. The fourth-order valence-corrected chi connectivity index (χ4v) is 1.98. The Hall–Kier alpha value is -1.29. The number of rotatable bonds is 5. The molecule has 0 amide bonds. The predicted molar refractivity (Wildman–Crippen MR) is 76.5 cm³/mol. The van der Waals surface area contributed by atoms with E-state index in [0.29, 0.717) is 13.1 Å². The number of methoxy groups -OCH3 is 1. The summed E-state index contributed by atoms with van der Waals surface area (Å²) in [7, 11) is 1.68. The highest BCUT2D eigenvalue weighted by Gasteiger charge is 2.07. The summed E-state index contributed by atoms with van der Waals surface area (Å²) in [6, 6.07) is 12.3. The zero-order chi connectivity index (χ0) is 12.1. The van der Waals surface area contributed by atoms with Crippen molar-refractivity contribution < 1.29 is 9.84 Å². The molecular formula is C14H18ClNO2. The number of ether oxygens (including phenoxy) is 1. The van der Waals surface area contributed by atoms with Gasteiger partial charge in [-0.1, -0.05) is 30.3 Å². The van der Waals surface area contributed by atoms with Crippen molar-refractivity contribution in [1.82, 2.24) is 5.32 Å². The van der Waals surface area contributed by atoms with Crippen molar-refractivity contribution in [3.05, 3.63) is 42.0 Å². The number of fused-ring (bicyclic) bond motifs is 1. The molecule has 0 spiro atoms. The smallest absolute Gasteiger partial charge is 0.123 e. The maximum atomic E-state index is 8.79. The Balaban J connectivity index is 0.00000162. The molecule has 3 nitrogen and oxygen atoms in total. The lowest BCUT2D eigenvalue weighted by Gasteiger charge is -2.12. The molecule has 2 aromatic carbocycles. The van der Waals surface area contributed by atoms with Crippen LogP contribution in [0.15, 0.2) is 36.4 Å². The lowest BCUT2D eigenvalue weighted by molar-refractivity contribution is 0.291. The van der Waals surface area contributed by atoms with Crippen LogP contribution in [0.1, 0.15) is 5.56 Å². The molecule has 98 valence electrons. The van der Waals surface area contributed by atoms with Gasteiger partial charge in [0.25, 0.3) is 0 Å². The molecule has 2 N–H and O–H groups in total. The van der Waals surface area contributed by atoms with E-state index < -0.39 is 0 Å². The average molecular weight is 268 g/mol. The first-order valence-electron chi connectivity index (χ1n) is 5.73. The van der Waals surface area contributed by atoms with Crippen LogP contribution in [0.25, 0.3) is 10.8 Å². The number of hydrogen-bond acceptors (Lipinski definition) is 3. The number of nitrogens with one attached hydrogen (secondary N) is 1. The summed E-state index contributed by atoms with van der Waals surface area (Å²) in [5.74, 6) is 0.883. The zero-order valence-electron chi connectivity index (χ0n) is 10.3.